The Balaban J connectivity index is 2.03. The van der Waals surface area contributed by atoms with Gasteiger partial charge >= 0.3 is 0 Å². The van der Waals surface area contributed by atoms with Crippen molar-refractivity contribution in [3.63, 3.8) is 0 Å². The van der Waals surface area contributed by atoms with E-state index in [0.717, 1.165) is 5.56 Å². The van der Waals surface area contributed by atoms with E-state index in [9.17, 15) is 8.42 Å². The first kappa shape index (κ1) is 14.8. The van der Waals surface area contributed by atoms with Gasteiger partial charge in [-0.2, -0.15) is 5.10 Å². The molecule has 0 spiro atoms. The van der Waals surface area contributed by atoms with Crippen molar-refractivity contribution in [3.05, 3.63) is 50.6 Å². The number of sulfone groups is 1. The second-order valence-electron chi connectivity index (χ2n) is 4.49. The molecule has 0 fully saturated rings. The van der Waals surface area contributed by atoms with E-state index in [-0.39, 0.29) is 5.75 Å². The maximum absolute atomic E-state index is 11.9. The lowest BCUT2D eigenvalue weighted by molar-refractivity contribution is 0.601. The first-order chi connectivity index (χ1) is 9.97. The first-order valence-corrected chi connectivity index (χ1v) is 9.34. The molecule has 2 aromatic rings. The van der Waals surface area contributed by atoms with Crippen LogP contribution in [-0.4, -0.2) is 14.2 Å². The van der Waals surface area contributed by atoms with E-state index in [1.807, 2.05) is 0 Å². The lowest BCUT2D eigenvalue weighted by Gasteiger charge is -2.04. The molecule has 8 heteroatoms. The van der Waals surface area contributed by atoms with Crippen LogP contribution in [0.5, 0.6) is 0 Å². The highest BCUT2D eigenvalue weighted by Crippen LogP contribution is 2.27. The minimum Gasteiger partial charge on any atom is -0.276 e. The zero-order chi connectivity index (χ0) is 15.0. The van der Waals surface area contributed by atoms with Gasteiger partial charge in [0.15, 0.2) is 9.84 Å². The van der Waals surface area contributed by atoms with Crippen LogP contribution in [0, 0.1) is 0 Å². The summed E-state index contributed by atoms with van der Waals surface area (Å²) in [6, 6.07) is 6.80. The zero-order valence-corrected chi connectivity index (χ0v) is 13.8. The largest absolute Gasteiger partial charge is 0.276 e. The van der Waals surface area contributed by atoms with E-state index < -0.39 is 9.84 Å². The van der Waals surface area contributed by atoms with E-state index >= 15 is 0 Å². The highest BCUT2D eigenvalue weighted by Gasteiger charge is 2.27. The standard InChI is InChI=1S/C13H10Cl2N2O2S2/c14-8-1-2-10(15)12(7-8)17-16-11-3-5-20-13-9(11)4-6-21(13,18)19/h1-3,5,7,17H,4,6H2/b16-11+. The number of nitrogens with zero attached hydrogens (tertiary/aromatic N) is 1. The van der Waals surface area contributed by atoms with Gasteiger partial charge in [-0.1, -0.05) is 23.2 Å². The molecular weight excluding hydrogens is 351 g/mol. The molecule has 2 heterocycles. The smallest absolute Gasteiger partial charge is 0.188 e. The van der Waals surface area contributed by atoms with Crippen molar-refractivity contribution >= 4 is 50.1 Å². The van der Waals surface area contributed by atoms with Crippen LogP contribution in [0.2, 0.25) is 10.0 Å². The Bertz CT molecular complexity index is 876. The summed E-state index contributed by atoms with van der Waals surface area (Å²) >= 11 is 13.2. The van der Waals surface area contributed by atoms with Crippen LogP contribution in [0.1, 0.15) is 5.56 Å². The van der Waals surface area contributed by atoms with E-state index in [1.54, 1.807) is 29.6 Å². The molecule has 0 bridgehead atoms. The predicted molar refractivity (Wildman–Crippen MR) is 85.7 cm³/mol. The quantitative estimate of drug-likeness (QED) is 0.835. The van der Waals surface area contributed by atoms with Crippen molar-refractivity contribution in [1.82, 2.24) is 0 Å². The molecule has 1 aliphatic heterocycles. The first-order valence-electron chi connectivity index (χ1n) is 6.05. The monoisotopic (exact) mass is 360 g/mol. The number of benzene rings is 1. The number of hydrogen-bond acceptors (Lipinski definition) is 5. The van der Waals surface area contributed by atoms with Crippen molar-refractivity contribution in [2.75, 3.05) is 11.2 Å². The molecule has 110 valence electrons. The van der Waals surface area contributed by atoms with E-state index in [1.165, 1.54) is 11.3 Å². The van der Waals surface area contributed by atoms with Crippen LogP contribution in [0.4, 0.5) is 5.69 Å². The highest BCUT2D eigenvalue weighted by atomic mass is 35.5. The molecule has 1 aromatic heterocycles. The third-order valence-electron chi connectivity index (χ3n) is 3.09. The van der Waals surface area contributed by atoms with Gasteiger partial charge in [0.05, 0.1) is 21.8 Å². The van der Waals surface area contributed by atoms with Crippen molar-refractivity contribution in [1.29, 1.82) is 0 Å². The summed E-state index contributed by atoms with van der Waals surface area (Å²) in [7, 11) is -3.14. The van der Waals surface area contributed by atoms with Gasteiger partial charge < -0.3 is 0 Å². The Morgan fingerprint density at radius 1 is 1.24 bits per heavy atom. The minimum atomic E-state index is -3.14. The van der Waals surface area contributed by atoms with Gasteiger partial charge in [-0.15, -0.1) is 11.3 Å². The fraction of sp³-hybridized carbons (Fsp3) is 0.154. The molecule has 0 atom stereocenters. The third-order valence-corrected chi connectivity index (χ3v) is 6.99. The molecule has 3 rings (SSSR count). The number of rotatable bonds is 2. The fourth-order valence-electron chi connectivity index (χ4n) is 2.07. The molecule has 1 N–H and O–H groups in total. The van der Waals surface area contributed by atoms with Gasteiger partial charge in [-0.3, -0.25) is 5.43 Å². The van der Waals surface area contributed by atoms with Crippen LogP contribution in [0.25, 0.3) is 0 Å². The summed E-state index contributed by atoms with van der Waals surface area (Å²) in [5, 5.41) is 7.63. The topological polar surface area (TPSA) is 58.5 Å². The molecule has 0 amide bonds. The fourth-order valence-corrected chi connectivity index (χ4v) is 5.31. The Morgan fingerprint density at radius 2 is 2.05 bits per heavy atom. The van der Waals surface area contributed by atoms with Crippen molar-refractivity contribution in [3.8, 4) is 0 Å². The molecule has 0 saturated carbocycles. The van der Waals surface area contributed by atoms with Crippen LogP contribution < -0.4 is 10.8 Å². The van der Waals surface area contributed by atoms with Gasteiger partial charge in [0.1, 0.15) is 4.21 Å². The lowest BCUT2D eigenvalue weighted by atomic mass is 10.2. The number of nitrogens with one attached hydrogen (secondary N) is 1. The molecule has 0 unspecified atom stereocenters. The van der Waals surface area contributed by atoms with Gasteiger partial charge in [0, 0.05) is 10.6 Å². The van der Waals surface area contributed by atoms with Crippen molar-refractivity contribution in [2.45, 2.75) is 10.6 Å². The van der Waals surface area contributed by atoms with Crippen LogP contribution in [-0.2, 0) is 16.3 Å². The third kappa shape index (κ3) is 2.94. The molecule has 4 nitrogen and oxygen atoms in total. The predicted octanol–water partition coefficient (Wildman–Crippen LogP) is 3.31. The summed E-state index contributed by atoms with van der Waals surface area (Å²) in [5.74, 6) is 0.142. The zero-order valence-electron chi connectivity index (χ0n) is 10.6. The molecule has 0 radical (unpaired) electrons. The van der Waals surface area contributed by atoms with Crippen molar-refractivity contribution in [2.24, 2.45) is 5.10 Å². The van der Waals surface area contributed by atoms with Crippen LogP contribution in [0.15, 0.2) is 39.0 Å². The van der Waals surface area contributed by atoms with E-state index in [0.29, 0.717) is 31.7 Å². The average Bonchev–Trinajstić information content (AvgIpc) is 2.76. The van der Waals surface area contributed by atoms with Gasteiger partial charge in [0.25, 0.3) is 0 Å². The number of hydrogen-bond donors (Lipinski definition) is 1. The number of fused-ring (bicyclic) bond motifs is 1. The SMILES string of the molecule is O=S1(=O)CCc2c1scc/c2=N\Nc1cc(Cl)ccc1Cl. The number of halogens is 2. The maximum Gasteiger partial charge on any atom is 0.188 e. The Labute approximate surface area is 136 Å². The lowest BCUT2D eigenvalue weighted by Crippen LogP contribution is -2.11. The summed E-state index contributed by atoms with van der Waals surface area (Å²) in [5.41, 5.74) is 4.18. The van der Waals surface area contributed by atoms with E-state index in [4.69, 9.17) is 23.2 Å². The van der Waals surface area contributed by atoms with Gasteiger partial charge in [-0.05, 0) is 36.1 Å². The molecule has 1 aliphatic rings. The highest BCUT2D eigenvalue weighted by molar-refractivity contribution is 7.93. The second kappa shape index (κ2) is 5.61. The van der Waals surface area contributed by atoms with E-state index in [2.05, 4.69) is 10.5 Å². The summed E-state index contributed by atoms with van der Waals surface area (Å²) < 4.78 is 24.2. The maximum atomic E-state index is 11.9. The average molecular weight is 361 g/mol. The Hall–Kier alpha value is -1.08. The Kier molecular flexibility index (Phi) is 3.96. The van der Waals surface area contributed by atoms with Gasteiger partial charge in [0.2, 0.25) is 0 Å². The molecule has 0 aliphatic carbocycles. The molecule has 21 heavy (non-hydrogen) atoms. The van der Waals surface area contributed by atoms with Crippen molar-refractivity contribution < 1.29 is 8.42 Å². The summed E-state index contributed by atoms with van der Waals surface area (Å²) in [6.07, 6.45) is 0.485. The summed E-state index contributed by atoms with van der Waals surface area (Å²) in [4.78, 5) is 0. The second-order valence-corrected chi connectivity index (χ2v) is 8.55. The number of anilines is 1. The van der Waals surface area contributed by atoms with Crippen LogP contribution >= 0.6 is 34.5 Å². The molecule has 0 saturated heterocycles. The molecule has 1 aromatic carbocycles. The molecular formula is C13H10Cl2N2O2S2. The minimum absolute atomic E-state index is 0.142. The van der Waals surface area contributed by atoms with Crippen LogP contribution in [0.3, 0.4) is 0 Å². The normalized spacial score (nSPS) is 16.8. The van der Waals surface area contributed by atoms with Gasteiger partial charge in [-0.25, -0.2) is 8.42 Å². The summed E-state index contributed by atoms with van der Waals surface area (Å²) in [6.45, 7) is 0. The Morgan fingerprint density at radius 3 is 2.86 bits per heavy atom.